The maximum atomic E-state index is 13.6. The van der Waals surface area contributed by atoms with Crippen molar-refractivity contribution < 1.29 is 19.4 Å². The Labute approximate surface area is 222 Å². The highest BCUT2D eigenvalue weighted by atomic mass is 32.1. The molecule has 0 aliphatic carbocycles. The highest BCUT2D eigenvalue weighted by molar-refractivity contribution is 7.22. The first kappa shape index (κ1) is 23.9. The number of anilines is 1. The van der Waals surface area contributed by atoms with E-state index in [1.165, 1.54) is 16.2 Å². The van der Waals surface area contributed by atoms with E-state index in [0.29, 0.717) is 33.3 Å². The number of hydrogen-bond acceptors (Lipinski definition) is 7. The minimum atomic E-state index is -0.872. The number of methoxy groups -OCH3 is 1. The van der Waals surface area contributed by atoms with Gasteiger partial charge in [0.05, 0.1) is 34.6 Å². The second-order valence-corrected chi connectivity index (χ2v) is 10.3. The van der Waals surface area contributed by atoms with Crippen LogP contribution in [-0.2, 0) is 9.59 Å². The summed E-state index contributed by atoms with van der Waals surface area (Å²) in [4.78, 5) is 37.8. The van der Waals surface area contributed by atoms with Crippen molar-refractivity contribution in [2.24, 2.45) is 0 Å². The summed E-state index contributed by atoms with van der Waals surface area (Å²) in [7, 11) is 1.59. The van der Waals surface area contributed by atoms with Crippen LogP contribution in [0.5, 0.6) is 5.75 Å². The number of hydrogen-bond donors (Lipinski definition) is 1. The summed E-state index contributed by atoms with van der Waals surface area (Å²) in [5.41, 5.74) is 4.92. The first-order chi connectivity index (χ1) is 18.3. The molecule has 0 spiro atoms. The Kier molecular flexibility index (Phi) is 5.53. The van der Waals surface area contributed by atoms with Crippen molar-refractivity contribution >= 4 is 49.8 Å². The van der Waals surface area contributed by atoms with Gasteiger partial charge in [0.2, 0.25) is 0 Å². The number of ketones is 1. The number of aromatic nitrogens is 3. The summed E-state index contributed by atoms with van der Waals surface area (Å²) in [5.74, 6) is -1.17. The molecule has 6 rings (SSSR count). The SMILES string of the molecule is COc1ccc2nc(N3C(=O)C(=O)/C(=C(/O)c4nc5c(C)cccn5c4C)C3c3ccc(C)cc3)sc2c1. The molecule has 1 amide bonds. The Bertz CT molecular complexity index is 1800. The average Bonchev–Trinajstić information content (AvgIpc) is 3.56. The van der Waals surface area contributed by atoms with Crippen molar-refractivity contribution in [2.75, 3.05) is 12.0 Å². The average molecular weight is 525 g/mol. The van der Waals surface area contributed by atoms with Gasteiger partial charge in [0, 0.05) is 6.20 Å². The van der Waals surface area contributed by atoms with Crippen molar-refractivity contribution in [1.29, 1.82) is 0 Å². The van der Waals surface area contributed by atoms with E-state index in [9.17, 15) is 14.7 Å². The molecule has 38 heavy (non-hydrogen) atoms. The molecule has 3 aromatic heterocycles. The third kappa shape index (κ3) is 3.58. The van der Waals surface area contributed by atoms with Gasteiger partial charge >= 0.3 is 5.91 Å². The van der Waals surface area contributed by atoms with Crippen molar-refractivity contribution in [3.63, 3.8) is 0 Å². The van der Waals surface area contributed by atoms with Crippen LogP contribution < -0.4 is 9.64 Å². The number of carbonyl (C=O) groups excluding carboxylic acids is 2. The first-order valence-corrected chi connectivity index (χ1v) is 12.9. The van der Waals surface area contributed by atoms with Gasteiger partial charge in [0.1, 0.15) is 17.1 Å². The first-order valence-electron chi connectivity index (χ1n) is 12.0. The molecule has 2 aromatic carbocycles. The standard InChI is InChI=1S/C29H24N4O4S/c1-15-7-9-18(10-8-15)24-22(25(34)23-17(3)32-13-5-6-16(2)27(32)31-23)26(35)28(36)33(24)29-30-20-12-11-19(37-4)14-21(20)38-29/h5-14,24,34H,1-4H3/b25-22+. The van der Waals surface area contributed by atoms with Gasteiger partial charge in [-0.15, -0.1) is 0 Å². The molecule has 8 nitrogen and oxygen atoms in total. The maximum absolute atomic E-state index is 13.6. The molecular weight excluding hydrogens is 500 g/mol. The summed E-state index contributed by atoms with van der Waals surface area (Å²) in [6.07, 6.45) is 1.85. The number of benzene rings is 2. The van der Waals surface area contributed by atoms with Gasteiger partial charge in [-0.2, -0.15) is 0 Å². The smallest absolute Gasteiger partial charge is 0.301 e. The minimum Gasteiger partial charge on any atom is -0.505 e. The molecule has 1 saturated heterocycles. The Hall–Kier alpha value is -4.50. The van der Waals surface area contributed by atoms with Gasteiger partial charge in [0.25, 0.3) is 5.78 Å². The van der Waals surface area contributed by atoms with E-state index < -0.39 is 17.7 Å². The number of rotatable bonds is 4. The molecule has 0 saturated carbocycles. The lowest BCUT2D eigenvalue weighted by atomic mass is 9.96. The lowest BCUT2D eigenvalue weighted by molar-refractivity contribution is -0.132. The zero-order chi connectivity index (χ0) is 26.7. The van der Waals surface area contributed by atoms with Gasteiger partial charge in [-0.05, 0) is 56.2 Å². The summed E-state index contributed by atoms with van der Waals surface area (Å²) in [6.45, 7) is 5.72. The Morgan fingerprint density at radius 2 is 1.79 bits per heavy atom. The molecule has 1 aliphatic rings. The number of aliphatic hydroxyl groups is 1. The molecule has 1 N–H and O–H groups in total. The fraction of sp³-hybridized carbons (Fsp3) is 0.172. The highest BCUT2D eigenvalue weighted by Gasteiger charge is 2.48. The highest BCUT2D eigenvalue weighted by Crippen LogP contribution is 2.45. The molecule has 0 radical (unpaired) electrons. The predicted octanol–water partition coefficient (Wildman–Crippen LogP) is 5.50. The van der Waals surface area contributed by atoms with Gasteiger partial charge < -0.3 is 14.2 Å². The van der Waals surface area contributed by atoms with Gasteiger partial charge in [-0.1, -0.05) is 47.2 Å². The van der Waals surface area contributed by atoms with Crippen LogP contribution >= 0.6 is 11.3 Å². The van der Waals surface area contributed by atoms with Gasteiger partial charge in [0.15, 0.2) is 10.9 Å². The second-order valence-electron chi connectivity index (χ2n) is 9.34. The topological polar surface area (TPSA) is 97.0 Å². The number of nitrogens with zero attached hydrogens (tertiary/aromatic N) is 4. The Morgan fingerprint density at radius 3 is 2.50 bits per heavy atom. The van der Waals surface area contributed by atoms with Crippen LogP contribution in [0.15, 0.2) is 66.4 Å². The summed E-state index contributed by atoms with van der Waals surface area (Å²) < 4.78 is 8.01. The number of fused-ring (bicyclic) bond motifs is 2. The van der Waals surface area contributed by atoms with Crippen LogP contribution in [0.1, 0.15) is 34.1 Å². The number of thiazole rings is 1. The Balaban J connectivity index is 1.58. The third-order valence-electron chi connectivity index (χ3n) is 6.94. The monoisotopic (exact) mass is 524 g/mol. The number of Topliss-reactive ketones (excluding diaryl/α,β-unsaturated/α-hetero) is 1. The number of imidazole rings is 1. The number of aryl methyl sites for hydroxylation is 3. The lowest BCUT2D eigenvalue weighted by Gasteiger charge is -2.23. The van der Waals surface area contributed by atoms with Crippen LogP contribution in [0.3, 0.4) is 0 Å². The zero-order valence-corrected chi connectivity index (χ0v) is 22.0. The maximum Gasteiger partial charge on any atom is 0.301 e. The van der Waals surface area contributed by atoms with E-state index in [4.69, 9.17) is 4.74 Å². The molecule has 0 bridgehead atoms. The van der Waals surface area contributed by atoms with E-state index in [1.54, 1.807) is 13.2 Å². The summed E-state index contributed by atoms with van der Waals surface area (Å²) in [5, 5.41) is 12.0. The molecule has 1 fully saturated rings. The summed E-state index contributed by atoms with van der Waals surface area (Å²) >= 11 is 1.29. The molecule has 1 atom stereocenters. The van der Waals surface area contributed by atoms with E-state index in [2.05, 4.69) is 9.97 Å². The van der Waals surface area contributed by atoms with Crippen LogP contribution in [-0.4, -0.2) is 38.3 Å². The quantitative estimate of drug-likeness (QED) is 0.189. The summed E-state index contributed by atoms with van der Waals surface area (Å²) in [6, 6.07) is 16.0. The lowest BCUT2D eigenvalue weighted by Crippen LogP contribution is -2.29. The predicted molar refractivity (Wildman–Crippen MR) is 147 cm³/mol. The normalized spacial score (nSPS) is 17.2. The van der Waals surface area contributed by atoms with Crippen molar-refractivity contribution in [3.8, 4) is 5.75 Å². The second kappa shape index (κ2) is 8.81. The van der Waals surface area contributed by atoms with Crippen molar-refractivity contribution in [2.45, 2.75) is 26.8 Å². The minimum absolute atomic E-state index is 0.0140. The number of carbonyl (C=O) groups is 2. The largest absolute Gasteiger partial charge is 0.505 e. The molecule has 1 unspecified atom stereocenters. The van der Waals surface area contributed by atoms with Crippen LogP contribution in [0.4, 0.5) is 5.13 Å². The van der Waals surface area contributed by atoms with Crippen LogP contribution in [0.25, 0.3) is 21.6 Å². The molecule has 190 valence electrons. The Morgan fingerprint density at radius 1 is 1.03 bits per heavy atom. The van der Waals surface area contributed by atoms with Gasteiger partial charge in [-0.3, -0.25) is 14.5 Å². The van der Waals surface area contributed by atoms with Crippen LogP contribution in [0, 0.1) is 20.8 Å². The van der Waals surface area contributed by atoms with Crippen molar-refractivity contribution in [3.05, 3.63) is 94.4 Å². The van der Waals surface area contributed by atoms with E-state index in [-0.39, 0.29) is 17.0 Å². The fourth-order valence-corrected chi connectivity index (χ4v) is 5.91. The number of aliphatic hydroxyl groups excluding tert-OH is 1. The fourth-order valence-electron chi connectivity index (χ4n) is 4.89. The zero-order valence-electron chi connectivity index (χ0n) is 21.2. The molecule has 5 aromatic rings. The van der Waals surface area contributed by atoms with E-state index in [0.717, 1.165) is 15.8 Å². The van der Waals surface area contributed by atoms with E-state index in [1.807, 2.05) is 79.9 Å². The number of amides is 1. The van der Waals surface area contributed by atoms with Crippen LogP contribution in [0.2, 0.25) is 0 Å². The molecule has 4 heterocycles. The molecular formula is C29H24N4O4S. The number of ether oxygens (including phenoxy) is 1. The third-order valence-corrected chi connectivity index (χ3v) is 7.95. The molecule has 9 heteroatoms. The molecule has 1 aliphatic heterocycles. The van der Waals surface area contributed by atoms with E-state index >= 15 is 0 Å². The number of pyridine rings is 1. The van der Waals surface area contributed by atoms with Crippen molar-refractivity contribution in [1.82, 2.24) is 14.4 Å². The van der Waals surface area contributed by atoms with Gasteiger partial charge in [-0.25, -0.2) is 9.97 Å².